The van der Waals surface area contributed by atoms with Crippen molar-refractivity contribution in [3.8, 4) is 10.6 Å². The highest BCUT2D eigenvalue weighted by atomic mass is 35.5. The minimum absolute atomic E-state index is 0.471. The van der Waals surface area contributed by atoms with E-state index in [-0.39, 0.29) is 0 Å². The Labute approximate surface area is 85.8 Å². The van der Waals surface area contributed by atoms with Crippen LogP contribution >= 0.6 is 22.9 Å². The van der Waals surface area contributed by atoms with E-state index in [0.29, 0.717) is 5.88 Å². The fourth-order valence-electron chi connectivity index (χ4n) is 1.25. The minimum atomic E-state index is 0.471. The van der Waals surface area contributed by atoms with E-state index in [1.165, 1.54) is 4.88 Å². The van der Waals surface area contributed by atoms with Gasteiger partial charge in [-0.15, -0.1) is 22.9 Å². The first-order valence-corrected chi connectivity index (χ1v) is 5.35. The molecule has 0 aromatic carbocycles. The molecule has 13 heavy (non-hydrogen) atoms. The van der Waals surface area contributed by atoms with Crippen LogP contribution in [0.2, 0.25) is 0 Å². The molecule has 0 spiro atoms. The average Bonchev–Trinajstić information content (AvgIpc) is 2.72. The Kier molecular flexibility index (Phi) is 2.38. The van der Waals surface area contributed by atoms with Crippen LogP contribution in [0.5, 0.6) is 0 Å². The first-order valence-electron chi connectivity index (χ1n) is 3.94. The molecule has 2 nitrogen and oxygen atoms in total. The molecule has 0 unspecified atom stereocenters. The molecule has 0 amide bonds. The van der Waals surface area contributed by atoms with E-state index in [2.05, 4.69) is 16.5 Å². The predicted octanol–water partition coefficient (Wildman–Crippen LogP) is 2.89. The fraction of sp³-hybridized carbons (Fsp3) is 0.222. The quantitative estimate of drug-likeness (QED) is 0.700. The Morgan fingerprint density at radius 2 is 2.46 bits per heavy atom. The number of halogens is 1. The smallest absolute Gasteiger partial charge is 0.0781 e. The van der Waals surface area contributed by atoms with Gasteiger partial charge in [-0.3, -0.25) is 4.68 Å². The lowest BCUT2D eigenvalue weighted by molar-refractivity contribution is 0.763. The van der Waals surface area contributed by atoms with Crippen molar-refractivity contribution in [3.63, 3.8) is 0 Å². The molecule has 0 aliphatic carbocycles. The maximum atomic E-state index is 5.70. The molecule has 0 radical (unpaired) electrons. The number of nitrogens with zero attached hydrogens (tertiary/aromatic N) is 2. The van der Waals surface area contributed by atoms with Crippen molar-refractivity contribution in [2.45, 2.75) is 5.88 Å². The first kappa shape index (κ1) is 8.78. The van der Waals surface area contributed by atoms with Gasteiger partial charge >= 0.3 is 0 Å². The second kappa shape index (κ2) is 3.52. The molecule has 2 aromatic rings. The van der Waals surface area contributed by atoms with Crippen molar-refractivity contribution >= 4 is 22.9 Å². The molecule has 0 bridgehead atoms. The molecule has 0 aliphatic rings. The molecule has 0 atom stereocenters. The lowest BCUT2D eigenvalue weighted by Gasteiger charge is -1.95. The largest absolute Gasteiger partial charge is 0.267 e. The number of aryl methyl sites for hydroxylation is 1. The van der Waals surface area contributed by atoms with Crippen molar-refractivity contribution in [2.75, 3.05) is 0 Å². The Morgan fingerprint density at radius 3 is 3.00 bits per heavy atom. The standard InChI is InChI=1S/C9H9ClN2S/c1-12-8(5-7(6-10)11-12)9-3-2-4-13-9/h2-5H,6H2,1H3. The number of hydrogen-bond donors (Lipinski definition) is 0. The van der Waals surface area contributed by atoms with Gasteiger partial charge in [0.05, 0.1) is 22.1 Å². The zero-order valence-corrected chi connectivity index (χ0v) is 8.77. The Hall–Kier alpha value is -0.800. The van der Waals surface area contributed by atoms with Crippen molar-refractivity contribution in [3.05, 3.63) is 29.3 Å². The number of hydrogen-bond acceptors (Lipinski definition) is 2. The summed E-state index contributed by atoms with van der Waals surface area (Å²) in [6.45, 7) is 0. The van der Waals surface area contributed by atoms with Gasteiger partial charge in [0.2, 0.25) is 0 Å². The number of rotatable bonds is 2. The summed E-state index contributed by atoms with van der Waals surface area (Å²) in [6.07, 6.45) is 0. The van der Waals surface area contributed by atoms with Gasteiger partial charge in [-0.2, -0.15) is 5.10 Å². The second-order valence-electron chi connectivity index (χ2n) is 2.76. The topological polar surface area (TPSA) is 17.8 Å². The Balaban J connectivity index is 2.46. The van der Waals surface area contributed by atoms with Crippen molar-refractivity contribution < 1.29 is 0 Å². The number of alkyl halides is 1. The highest BCUT2D eigenvalue weighted by molar-refractivity contribution is 7.13. The maximum Gasteiger partial charge on any atom is 0.0781 e. The average molecular weight is 213 g/mol. The van der Waals surface area contributed by atoms with Gasteiger partial charge in [0.25, 0.3) is 0 Å². The van der Waals surface area contributed by atoms with Crippen molar-refractivity contribution in [1.29, 1.82) is 0 Å². The third-order valence-corrected chi connectivity index (χ3v) is 3.01. The van der Waals surface area contributed by atoms with Crippen molar-refractivity contribution in [2.24, 2.45) is 7.05 Å². The third kappa shape index (κ3) is 1.62. The highest BCUT2D eigenvalue weighted by Crippen LogP contribution is 2.24. The third-order valence-electron chi connectivity index (χ3n) is 1.84. The van der Waals surface area contributed by atoms with Crippen LogP contribution < -0.4 is 0 Å². The van der Waals surface area contributed by atoms with Crippen molar-refractivity contribution in [1.82, 2.24) is 9.78 Å². The molecule has 68 valence electrons. The van der Waals surface area contributed by atoms with E-state index >= 15 is 0 Å². The van der Waals surface area contributed by atoms with Gasteiger partial charge < -0.3 is 0 Å². The van der Waals surface area contributed by atoms with Gasteiger partial charge in [-0.1, -0.05) is 6.07 Å². The van der Waals surface area contributed by atoms with Gasteiger partial charge in [-0.05, 0) is 17.5 Å². The summed E-state index contributed by atoms with van der Waals surface area (Å²) >= 11 is 7.41. The molecule has 0 saturated heterocycles. The van der Waals surface area contributed by atoms with Crippen LogP contribution in [0.3, 0.4) is 0 Å². The molecule has 0 fully saturated rings. The molecule has 2 rings (SSSR count). The second-order valence-corrected chi connectivity index (χ2v) is 3.97. The molecule has 2 aromatic heterocycles. The predicted molar refractivity (Wildman–Crippen MR) is 56.1 cm³/mol. The number of thiophene rings is 1. The van der Waals surface area contributed by atoms with Crippen LogP contribution in [0.1, 0.15) is 5.69 Å². The zero-order chi connectivity index (χ0) is 9.26. The summed E-state index contributed by atoms with van der Waals surface area (Å²) < 4.78 is 1.86. The molecular formula is C9H9ClN2S. The van der Waals surface area contributed by atoms with Crippen LogP contribution in [0.15, 0.2) is 23.6 Å². The molecule has 2 heterocycles. The van der Waals surface area contributed by atoms with E-state index in [4.69, 9.17) is 11.6 Å². The molecule has 0 N–H and O–H groups in total. The monoisotopic (exact) mass is 212 g/mol. The summed E-state index contributed by atoms with van der Waals surface area (Å²) in [4.78, 5) is 1.23. The van der Waals surface area contributed by atoms with Crippen LogP contribution in [0.4, 0.5) is 0 Å². The molecular weight excluding hydrogens is 204 g/mol. The summed E-state index contributed by atoms with van der Waals surface area (Å²) in [6, 6.07) is 6.14. The van der Waals surface area contributed by atoms with E-state index in [9.17, 15) is 0 Å². The molecule has 4 heteroatoms. The number of aromatic nitrogens is 2. The SMILES string of the molecule is Cn1nc(CCl)cc1-c1cccs1. The lowest BCUT2D eigenvalue weighted by atomic mass is 10.3. The summed E-state index contributed by atoms with van der Waals surface area (Å²) in [5.74, 6) is 0.471. The lowest BCUT2D eigenvalue weighted by Crippen LogP contribution is -1.92. The van der Waals surface area contributed by atoms with E-state index in [1.54, 1.807) is 11.3 Å². The van der Waals surface area contributed by atoms with Gasteiger partial charge in [0.1, 0.15) is 0 Å². The summed E-state index contributed by atoms with van der Waals surface area (Å²) in [7, 11) is 1.94. The fourth-order valence-corrected chi connectivity index (χ4v) is 2.15. The minimum Gasteiger partial charge on any atom is -0.267 e. The zero-order valence-electron chi connectivity index (χ0n) is 7.20. The maximum absolute atomic E-state index is 5.70. The molecule has 0 saturated carbocycles. The first-order chi connectivity index (χ1) is 6.31. The Morgan fingerprint density at radius 1 is 1.62 bits per heavy atom. The van der Waals surface area contributed by atoms with Gasteiger partial charge in [-0.25, -0.2) is 0 Å². The van der Waals surface area contributed by atoms with Gasteiger partial charge in [0, 0.05) is 7.05 Å². The highest BCUT2D eigenvalue weighted by Gasteiger charge is 2.06. The van der Waals surface area contributed by atoms with E-state index < -0.39 is 0 Å². The van der Waals surface area contributed by atoms with Crippen LogP contribution in [0.25, 0.3) is 10.6 Å². The van der Waals surface area contributed by atoms with Crippen LogP contribution in [0, 0.1) is 0 Å². The van der Waals surface area contributed by atoms with Crippen LogP contribution in [-0.2, 0) is 12.9 Å². The van der Waals surface area contributed by atoms with Gasteiger partial charge in [0.15, 0.2) is 0 Å². The van der Waals surface area contributed by atoms with E-state index in [0.717, 1.165) is 11.4 Å². The Bertz CT molecular complexity index is 392. The summed E-state index contributed by atoms with van der Waals surface area (Å²) in [5, 5.41) is 6.33. The van der Waals surface area contributed by atoms with E-state index in [1.807, 2.05) is 23.9 Å². The molecule has 0 aliphatic heterocycles. The summed E-state index contributed by atoms with van der Waals surface area (Å²) in [5.41, 5.74) is 2.05. The van der Waals surface area contributed by atoms with Crippen LogP contribution in [-0.4, -0.2) is 9.78 Å². The normalized spacial score (nSPS) is 10.6.